The zero-order chi connectivity index (χ0) is 18.3. The molecule has 0 aromatic heterocycles. The molecule has 0 amide bonds. The molecule has 2 rings (SSSR count). The van der Waals surface area contributed by atoms with E-state index in [2.05, 4.69) is 6.92 Å². The lowest BCUT2D eigenvalue weighted by Gasteiger charge is -2.34. The molecule has 1 aliphatic heterocycles. The fraction of sp³-hybridized carbons (Fsp3) is 0.900. The van der Waals surface area contributed by atoms with Crippen LogP contribution >= 0.6 is 0 Å². The SMILES string of the molecule is CCCCCCCC1C(C(C(C)=O)C(=O)OCC)CCC12OCCO2. The van der Waals surface area contributed by atoms with Crippen LogP contribution in [0.25, 0.3) is 0 Å². The lowest BCUT2D eigenvalue weighted by Crippen LogP contribution is -2.41. The highest BCUT2D eigenvalue weighted by Gasteiger charge is 2.56. The van der Waals surface area contributed by atoms with E-state index in [1.807, 2.05) is 0 Å². The molecule has 1 spiro atoms. The van der Waals surface area contributed by atoms with Crippen LogP contribution in [0.1, 0.15) is 72.1 Å². The summed E-state index contributed by atoms with van der Waals surface area (Å²) in [4.78, 5) is 24.6. The maximum Gasteiger partial charge on any atom is 0.316 e. The molecule has 0 aromatic rings. The lowest BCUT2D eigenvalue weighted by molar-refractivity contribution is -0.191. The Morgan fingerprint density at radius 2 is 1.80 bits per heavy atom. The third kappa shape index (κ3) is 4.82. The van der Waals surface area contributed by atoms with Crippen molar-refractivity contribution in [1.29, 1.82) is 0 Å². The molecule has 0 bridgehead atoms. The van der Waals surface area contributed by atoms with Crippen LogP contribution in [0.5, 0.6) is 0 Å². The van der Waals surface area contributed by atoms with E-state index in [1.54, 1.807) is 6.92 Å². The van der Waals surface area contributed by atoms with Gasteiger partial charge in [0.2, 0.25) is 0 Å². The second-order valence-corrected chi connectivity index (χ2v) is 7.36. The largest absolute Gasteiger partial charge is 0.465 e. The molecule has 0 radical (unpaired) electrons. The van der Waals surface area contributed by atoms with E-state index < -0.39 is 11.7 Å². The van der Waals surface area contributed by atoms with Crippen LogP contribution in [0, 0.1) is 17.8 Å². The molecule has 5 heteroatoms. The van der Waals surface area contributed by atoms with Gasteiger partial charge in [0.15, 0.2) is 5.79 Å². The number of carbonyl (C=O) groups is 2. The molecule has 25 heavy (non-hydrogen) atoms. The Hall–Kier alpha value is -0.940. The predicted octanol–water partition coefficient (Wildman–Crippen LogP) is 3.88. The van der Waals surface area contributed by atoms with Gasteiger partial charge in [-0.15, -0.1) is 0 Å². The number of Topliss-reactive ketones (excluding diaryl/α,β-unsaturated/α-hetero) is 1. The van der Waals surface area contributed by atoms with E-state index in [1.165, 1.54) is 32.6 Å². The van der Waals surface area contributed by atoms with Crippen molar-refractivity contribution >= 4 is 11.8 Å². The van der Waals surface area contributed by atoms with Crippen LogP contribution in [0.2, 0.25) is 0 Å². The van der Waals surface area contributed by atoms with Gasteiger partial charge in [-0.25, -0.2) is 0 Å². The first-order valence-electron chi connectivity index (χ1n) is 10.0. The average Bonchev–Trinajstić information content (AvgIpc) is 3.17. The van der Waals surface area contributed by atoms with Crippen LogP contribution in [-0.2, 0) is 23.8 Å². The summed E-state index contributed by atoms with van der Waals surface area (Å²) in [5.74, 6) is -1.71. The van der Waals surface area contributed by atoms with E-state index in [-0.39, 0.29) is 23.6 Å². The normalized spacial score (nSPS) is 26.0. The van der Waals surface area contributed by atoms with Gasteiger partial charge in [-0.05, 0) is 32.6 Å². The molecular formula is C20H34O5. The Kier molecular flexibility index (Phi) is 7.88. The van der Waals surface area contributed by atoms with Gasteiger partial charge in [0.1, 0.15) is 11.7 Å². The zero-order valence-electron chi connectivity index (χ0n) is 16.1. The van der Waals surface area contributed by atoms with Crippen molar-refractivity contribution in [2.75, 3.05) is 19.8 Å². The fourth-order valence-corrected chi connectivity index (χ4v) is 4.58. The van der Waals surface area contributed by atoms with Crippen molar-refractivity contribution in [1.82, 2.24) is 0 Å². The van der Waals surface area contributed by atoms with Gasteiger partial charge in [-0.1, -0.05) is 39.0 Å². The zero-order valence-corrected chi connectivity index (χ0v) is 16.1. The number of ketones is 1. The van der Waals surface area contributed by atoms with Gasteiger partial charge < -0.3 is 14.2 Å². The minimum atomic E-state index is -0.687. The highest BCUT2D eigenvalue weighted by molar-refractivity contribution is 5.98. The van der Waals surface area contributed by atoms with E-state index in [4.69, 9.17) is 14.2 Å². The Morgan fingerprint density at radius 1 is 1.12 bits per heavy atom. The first-order valence-corrected chi connectivity index (χ1v) is 10.0. The van der Waals surface area contributed by atoms with Crippen LogP contribution in [-0.4, -0.2) is 37.4 Å². The van der Waals surface area contributed by atoms with Crippen molar-refractivity contribution < 1.29 is 23.8 Å². The molecular weight excluding hydrogens is 320 g/mol. The molecule has 3 unspecified atom stereocenters. The molecule has 2 aliphatic rings. The number of unbranched alkanes of at least 4 members (excludes halogenated alkanes) is 4. The van der Waals surface area contributed by atoms with Crippen LogP contribution in [0.15, 0.2) is 0 Å². The van der Waals surface area contributed by atoms with Crippen LogP contribution < -0.4 is 0 Å². The summed E-state index contributed by atoms with van der Waals surface area (Å²) in [6.07, 6.45) is 8.46. The molecule has 2 fully saturated rings. The number of rotatable bonds is 10. The topological polar surface area (TPSA) is 61.8 Å². The molecule has 0 aromatic carbocycles. The van der Waals surface area contributed by atoms with Gasteiger partial charge in [-0.2, -0.15) is 0 Å². The van der Waals surface area contributed by atoms with Crippen molar-refractivity contribution in [3.8, 4) is 0 Å². The molecule has 3 atom stereocenters. The van der Waals surface area contributed by atoms with E-state index >= 15 is 0 Å². The molecule has 1 saturated carbocycles. The number of carbonyl (C=O) groups excluding carboxylic acids is 2. The summed E-state index contributed by atoms with van der Waals surface area (Å²) < 4.78 is 17.2. The van der Waals surface area contributed by atoms with Crippen molar-refractivity contribution in [3.63, 3.8) is 0 Å². The highest BCUT2D eigenvalue weighted by Crippen LogP contribution is 2.51. The summed E-state index contributed by atoms with van der Waals surface area (Å²) in [6.45, 7) is 6.99. The van der Waals surface area contributed by atoms with Crippen molar-refractivity contribution in [2.45, 2.75) is 77.9 Å². The average molecular weight is 354 g/mol. The summed E-state index contributed by atoms with van der Waals surface area (Å²) in [5, 5.41) is 0. The van der Waals surface area contributed by atoms with Crippen molar-refractivity contribution in [3.05, 3.63) is 0 Å². The Labute approximate surface area is 151 Å². The minimum Gasteiger partial charge on any atom is -0.465 e. The third-order valence-electron chi connectivity index (χ3n) is 5.71. The van der Waals surface area contributed by atoms with E-state index in [9.17, 15) is 9.59 Å². The Balaban J connectivity index is 2.10. The third-order valence-corrected chi connectivity index (χ3v) is 5.71. The van der Waals surface area contributed by atoms with Gasteiger partial charge >= 0.3 is 5.97 Å². The molecule has 0 N–H and O–H groups in total. The summed E-state index contributed by atoms with van der Waals surface area (Å²) in [7, 11) is 0. The van der Waals surface area contributed by atoms with Crippen molar-refractivity contribution in [2.24, 2.45) is 17.8 Å². The number of hydrogen-bond donors (Lipinski definition) is 0. The monoisotopic (exact) mass is 354 g/mol. The molecule has 144 valence electrons. The molecule has 1 heterocycles. The lowest BCUT2D eigenvalue weighted by atomic mass is 9.78. The Morgan fingerprint density at radius 3 is 2.40 bits per heavy atom. The smallest absolute Gasteiger partial charge is 0.316 e. The predicted molar refractivity (Wildman–Crippen MR) is 95.0 cm³/mol. The maximum atomic E-state index is 12.4. The minimum absolute atomic E-state index is 0.0409. The van der Waals surface area contributed by atoms with Gasteiger partial charge in [-0.3, -0.25) is 9.59 Å². The number of esters is 1. The standard InChI is InChI=1S/C20H34O5/c1-4-6-7-8-9-10-17-16(11-12-20(17)24-13-14-25-20)18(15(3)21)19(22)23-5-2/h16-18H,4-14H2,1-3H3. The molecule has 1 aliphatic carbocycles. The second-order valence-electron chi connectivity index (χ2n) is 7.36. The number of hydrogen-bond acceptors (Lipinski definition) is 5. The van der Waals surface area contributed by atoms with Gasteiger partial charge in [0.05, 0.1) is 19.8 Å². The number of ether oxygens (including phenoxy) is 3. The quantitative estimate of drug-likeness (QED) is 0.338. The second kappa shape index (κ2) is 9.67. The molecule has 1 saturated heterocycles. The first-order chi connectivity index (χ1) is 12.1. The highest BCUT2D eigenvalue weighted by atomic mass is 16.7. The first kappa shape index (κ1) is 20.4. The van der Waals surface area contributed by atoms with Gasteiger partial charge in [0, 0.05) is 12.3 Å². The van der Waals surface area contributed by atoms with Gasteiger partial charge in [0.25, 0.3) is 0 Å². The van der Waals surface area contributed by atoms with Crippen LogP contribution in [0.4, 0.5) is 0 Å². The maximum absolute atomic E-state index is 12.4. The fourth-order valence-electron chi connectivity index (χ4n) is 4.58. The van der Waals surface area contributed by atoms with E-state index in [0.29, 0.717) is 19.8 Å². The summed E-state index contributed by atoms with van der Waals surface area (Å²) >= 11 is 0. The Bertz CT molecular complexity index is 441. The van der Waals surface area contributed by atoms with Crippen LogP contribution in [0.3, 0.4) is 0 Å². The summed E-state index contributed by atoms with van der Waals surface area (Å²) in [6, 6.07) is 0. The van der Waals surface area contributed by atoms with E-state index in [0.717, 1.165) is 25.7 Å². The molecule has 5 nitrogen and oxygen atoms in total. The summed E-state index contributed by atoms with van der Waals surface area (Å²) in [5.41, 5.74) is 0.